The van der Waals surface area contributed by atoms with Gasteiger partial charge in [0, 0.05) is 5.69 Å². The van der Waals surface area contributed by atoms with E-state index in [9.17, 15) is 18.7 Å². The molecule has 1 aromatic rings. The molecule has 0 aliphatic rings. The van der Waals surface area contributed by atoms with Crippen molar-refractivity contribution in [1.82, 2.24) is 0 Å². The van der Waals surface area contributed by atoms with Crippen molar-refractivity contribution in [2.45, 2.75) is 19.8 Å². The van der Waals surface area contributed by atoms with Crippen LogP contribution in [0, 0.1) is 6.92 Å². The van der Waals surface area contributed by atoms with E-state index in [0.717, 1.165) is 5.56 Å². The third kappa shape index (κ3) is 5.09. The van der Waals surface area contributed by atoms with E-state index in [4.69, 9.17) is 0 Å². The number of amides is 1. The number of rotatable bonds is 6. The zero-order chi connectivity index (χ0) is 13.5. The second-order valence-electron chi connectivity index (χ2n) is 3.76. The Bertz CT molecular complexity index is 410. The molecule has 0 atom stereocenters. The van der Waals surface area contributed by atoms with Crippen LogP contribution < -0.4 is 5.32 Å². The third-order valence-electron chi connectivity index (χ3n) is 2.20. The first kappa shape index (κ1) is 14.4. The first-order valence-corrected chi connectivity index (χ1v) is 5.44. The molecule has 6 heteroatoms. The summed E-state index contributed by atoms with van der Waals surface area (Å²) >= 11 is 0. The molecule has 0 aliphatic heterocycles. The van der Waals surface area contributed by atoms with Gasteiger partial charge in [0.1, 0.15) is 12.4 Å². The maximum atomic E-state index is 11.7. The summed E-state index contributed by atoms with van der Waals surface area (Å²) in [6, 6.07) is 4.54. The van der Waals surface area contributed by atoms with Crippen molar-refractivity contribution in [2.75, 3.05) is 18.5 Å². The molecule has 0 saturated heterocycles. The second kappa shape index (κ2) is 6.90. The lowest BCUT2D eigenvalue weighted by Crippen LogP contribution is -2.16. The molecule has 1 rings (SSSR count). The van der Waals surface area contributed by atoms with E-state index in [-0.39, 0.29) is 24.7 Å². The number of halogens is 2. The minimum Gasteiger partial charge on any atom is -0.508 e. The lowest BCUT2D eigenvalue weighted by atomic mass is 10.2. The number of carbonyl (C=O) groups excluding carboxylic acids is 1. The molecule has 0 fully saturated rings. The summed E-state index contributed by atoms with van der Waals surface area (Å²) in [6.45, 7) is 1.03. The zero-order valence-corrected chi connectivity index (χ0v) is 9.95. The first-order chi connectivity index (χ1) is 8.49. The smallest absolute Gasteiger partial charge is 0.261 e. The fraction of sp³-hybridized carbons (Fsp3) is 0.417. The quantitative estimate of drug-likeness (QED) is 0.609. The Balaban J connectivity index is 2.35. The summed E-state index contributed by atoms with van der Waals surface area (Å²) in [6.07, 6.45) is -2.51. The van der Waals surface area contributed by atoms with Crippen LogP contribution in [0.1, 0.15) is 12.0 Å². The van der Waals surface area contributed by atoms with Crippen LogP contribution in [0.4, 0.5) is 14.5 Å². The van der Waals surface area contributed by atoms with Crippen LogP contribution in [-0.2, 0) is 9.53 Å². The molecule has 0 aliphatic carbocycles. The predicted molar refractivity (Wildman–Crippen MR) is 62.9 cm³/mol. The Morgan fingerprint density at radius 1 is 1.50 bits per heavy atom. The summed E-state index contributed by atoms with van der Waals surface area (Å²) < 4.78 is 28.1. The first-order valence-electron chi connectivity index (χ1n) is 5.44. The van der Waals surface area contributed by atoms with E-state index >= 15 is 0 Å². The minimum atomic E-state index is -2.52. The van der Waals surface area contributed by atoms with Gasteiger partial charge in [-0.15, -0.1) is 0 Å². The lowest BCUT2D eigenvalue weighted by molar-refractivity contribution is -0.117. The Kier molecular flexibility index (Phi) is 5.51. The van der Waals surface area contributed by atoms with Gasteiger partial charge in [0.25, 0.3) is 6.43 Å². The Hall–Kier alpha value is -1.69. The summed E-state index contributed by atoms with van der Waals surface area (Å²) in [5.41, 5.74) is 1.29. The Labute approximate surface area is 104 Å². The van der Waals surface area contributed by atoms with Crippen LogP contribution in [-0.4, -0.2) is 30.7 Å². The van der Waals surface area contributed by atoms with E-state index in [0.29, 0.717) is 5.69 Å². The molecule has 0 bridgehead atoms. The van der Waals surface area contributed by atoms with Crippen molar-refractivity contribution in [3.8, 4) is 5.75 Å². The van der Waals surface area contributed by atoms with Gasteiger partial charge in [-0.3, -0.25) is 4.79 Å². The van der Waals surface area contributed by atoms with Crippen molar-refractivity contribution in [2.24, 2.45) is 0 Å². The van der Waals surface area contributed by atoms with Crippen LogP contribution in [0.5, 0.6) is 5.75 Å². The number of aryl methyl sites for hydroxylation is 1. The number of alkyl halides is 2. The van der Waals surface area contributed by atoms with Crippen LogP contribution in [0.2, 0.25) is 0 Å². The number of phenolic OH excluding ortho intramolecular Hbond substituents is 1. The highest BCUT2D eigenvalue weighted by molar-refractivity contribution is 5.91. The number of hydrogen-bond donors (Lipinski definition) is 2. The molecular formula is C12H15F2NO3. The molecule has 4 nitrogen and oxygen atoms in total. The molecule has 100 valence electrons. The number of carbonyl (C=O) groups is 1. The number of ether oxygens (including phenoxy) is 1. The Morgan fingerprint density at radius 3 is 2.83 bits per heavy atom. The maximum Gasteiger partial charge on any atom is 0.261 e. The second-order valence-corrected chi connectivity index (χ2v) is 3.76. The summed E-state index contributed by atoms with van der Waals surface area (Å²) in [7, 11) is 0. The highest BCUT2D eigenvalue weighted by Crippen LogP contribution is 2.20. The van der Waals surface area contributed by atoms with Gasteiger partial charge < -0.3 is 15.2 Å². The monoisotopic (exact) mass is 259 g/mol. The van der Waals surface area contributed by atoms with Crippen molar-refractivity contribution in [1.29, 1.82) is 0 Å². The topological polar surface area (TPSA) is 58.6 Å². The molecule has 0 spiro atoms. The van der Waals surface area contributed by atoms with Crippen LogP contribution in [0.25, 0.3) is 0 Å². The van der Waals surface area contributed by atoms with Gasteiger partial charge in [-0.1, -0.05) is 0 Å². The summed E-state index contributed by atoms with van der Waals surface area (Å²) in [5, 5.41) is 11.8. The number of anilines is 1. The van der Waals surface area contributed by atoms with Gasteiger partial charge in [-0.05, 0) is 30.7 Å². The predicted octanol–water partition coefficient (Wildman–Crippen LogP) is 2.31. The SMILES string of the molecule is Cc1cc(O)ccc1NC(=O)CCOCC(F)F. The molecule has 0 radical (unpaired) electrons. The van der Waals surface area contributed by atoms with E-state index in [2.05, 4.69) is 10.1 Å². The molecule has 0 aromatic heterocycles. The number of phenols is 1. The molecule has 0 saturated carbocycles. The van der Waals surface area contributed by atoms with E-state index in [1.807, 2.05) is 0 Å². The highest BCUT2D eigenvalue weighted by atomic mass is 19.3. The van der Waals surface area contributed by atoms with Gasteiger partial charge in [0.2, 0.25) is 5.91 Å². The summed E-state index contributed by atoms with van der Waals surface area (Å²) in [4.78, 5) is 11.5. The molecule has 1 amide bonds. The van der Waals surface area contributed by atoms with Crippen LogP contribution in [0.15, 0.2) is 18.2 Å². The van der Waals surface area contributed by atoms with Crippen LogP contribution in [0.3, 0.4) is 0 Å². The standard InChI is InChI=1S/C12H15F2NO3/c1-8-6-9(16)2-3-10(8)15-12(17)4-5-18-7-11(13)14/h2-3,6,11,16H,4-5,7H2,1H3,(H,15,17). The number of hydrogen-bond acceptors (Lipinski definition) is 3. The average Bonchev–Trinajstić information content (AvgIpc) is 2.28. The van der Waals surface area contributed by atoms with Gasteiger partial charge in [0.15, 0.2) is 0 Å². The number of aromatic hydroxyl groups is 1. The molecule has 0 unspecified atom stereocenters. The van der Waals surface area contributed by atoms with Gasteiger partial charge in [-0.2, -0.15) is 0 Å². The third-order valence-corrected chi connectivity index (χ3v) is 2.20. The fourth-order valence-corrected chi connectivity index (χ4v) is 1.34. The van der Waals surface area contributed by atoms with E-state index in [1.54, 1.807) is 13.0 Å². The highest BCUT2D eigenvalue weighted by Gasteiger charge is 2.07. The lowest BCUT2D eigenvalue weighted by Gasteiger charge is -2.09. The molecular weight excluding hydrogens is 244 g/mol. The Morgan fingerprint density at radius 2 is 2.22 bits per heavy atom. The van der Waals surface area contributed by atoms with Crippen molar-refractivity contribution >= 4 is 11.6 Å². The summed E-state index contributed by atoms with van der Waals surface area (Å²) in [5.74, 6) is -0.205. The van der Waals surface area contributed by atoms with Crippen molar-refractivity contribution < 1.29 is 23.4 Å². The minimum absolute atomic E-state index is 0.00698. The van der Waals surface area contributed by atoms with Gasteiger partial charge in [-0.25, -0.2) is 8.78 Å². The number of benzene rings is 1. The van der Waals surface area contributed by atoms with E-state index in [1.165, 1.54) is 12.1 Å². The molecule has 2 N–H and O–H groups in total. The van der Waals surface area contributed by atoms with Crippen molar-refractivity contribution in [3.63, 3.8) is 0 Å². The maximum absolute atomic E-state index is 11.7. The number of nitrogens with one attached hydrogen (secondary N) is 1. The van der Waals surface area contributed by atoms with Crippen LogP contribution >= 0.6 is 0 Å². The van der Waals surface area contributed by atoms with E-state index < -0.39 is 13.0 Å². The van der Waals surface area contributed by atoms with Gasteiger partial charge in [0.05, 0.1) is 13.0 Å². The molecule has 0 heterocycles. The molecule has 1 aromatic carbocycles. The normalized spacial score (nSPS) is 10.7. The fourth-order valence-electron chi connectivity index (χ4n) is 1.34. The van der Waals surface area contributed by atoms with Crippen molar-refractivity contribution in [3.05, 3.63) is 23.8 Å². The zero-order valence-electron chi connectivity index (χ0n) is 9.95. The molecule has 18 heavy (non-hydrogen) atoms. The van der Waals surface area contributed by atoms with Gasteiger partial charge >= 0.3 is 0 Å². The largest absolute Gasteiger partial charge is 0.508 e. The average molecular weight is 259 g/mol.